The Balaban J connectivity index is 1.98. The van der Waals surface area contributed by atoms with Crippen LogP contribution in [0.25, 0.3) is 0 Å². The quantitative estimate of drug-likeness (QED) is 0.842. The van der Waals surface area contributed by atoms with Crippen molar-refractivity contribution in [2.75, 3.05) is 19.8 Å². The van der Waals surface area contributed by atoms with E-state index < -0.39 is 37.3 Å². The third-order valence-electron chi connectivity index (χ3n) is 3.70. The second kappa shape index (κ2) is 8.09. The molecule has 1 aromatic rings. The standard InChI is InChI=1S/C16H18F3NO5/c17-16(18,19)10-25-13-7-2-1-6-12(13)24-9-14(21)20-8-4-3-5-11(20)15(22)23/h1-2,6-7,11H,3-5,8-10H2,(H,22,23). The topological polar surface area (TPSA) is 76.1 Å². The summed E-state index contributed by atoms with van der Waals surface area (Å²) >= 11 is 0. The highest BCUT2D eigenvalue weighted by Gasteiger charge is 2.32. The number of carbonyl (C=O) groups is 2. The number of ether oxygens (including phenoxy) is 2. The van der Waals surface area contributed by atoms with E-state index in [1.807, 2.05) is 0 Å². The zero-order valence-corrected chi connectivity index (χ0v) is 13.3. The van der Waals surface area contributed by atoms with Gasteiger partial charge in [-0.1, -0.05) is 12.1 Å². The van der Waals surface area contributed by atoms with Crippen LogP contribution in [-0.2, 0) is 9.59 Å². The molecule has 0 aliphatic carbocycles. The molecule has 2 rings (SSSR count). The van der Waals surface area contributed by atoms with Crippen molar-refractivity contribution in [3.63, 3.8) is 0 Å². The monoisotopic (exact) mass is 361 g/mol. The van der Waals surface area contributed by atoms with E-state index in [1.54, 1.807) is 0 Å². The van der Waals surface area contributed by atoms with Gasteiger partial charge in [-0.3, -0.25) is 4.79 Å². The average molecular weight is 361 g/mol. The maximum Gasteiger partial charge on any atom is 0.422 e. The molecule has 0 radical (unpaired) electrons. The number of rotatable bonds is 6. The first-order valence-corrected chi connectivity index (χ1v) is 7.71. The van der Waals surface area contributed by atoms with Gasteiger partial charge in [-0.2, -0.15) is 13.2 Å². The Morgan fingerprint density at radius 1 is 1.16 bits per heavy atom. The lowest BCUT2D eigenvalue weighted by atomic mass is 10.0. The Hall–Kier alpha value is -2.45. The number of carboxylic acid groups (broad SMARTS) is 1. The van der Waals surface area contributed by atoms with Crippen LogP contribution in [0.5, 0.6) is 11.5 Å². The second-order valence-electron chi connectivity index (χ2n) is 5.58. The van der Waals surface area contributed by atoms with E-state index in [2.05, 4.69) is 4.74 Å². The van der Waals surface area contributed by atoms with Crippen LogP contribution >= 0.6 is 0 Å². The number of hydrogen-bond acceptors (Lipinski definition) is 4. The first kappa shape index (κ1) is 18.9. The fourth-order valence-corrected chi connectivity index (χ4v) is 2.56. The molecule has 0 saturated carbocycles. The number of carbonyl (C=O) groups excluding carboxylic acids is 1. The lowest BCUT2D eigenvalue weighted by molar-refractivity contribution is -0.154. The molecule has 9 heteroatoms. The van der Waals surface area contributed by atoms with Gasteiger partial charge in [0.15, 0.2) is 24.7 Å². The molecule has 1 N–H and O–H groups in total. The number of alkyl halides is 3. The molecule has 1 aliphatic heterocycles. The molecule has 1 saturated heterocycles. The maximum atomic E-state index is 12.3. The molecule has 138 valence electrons. The van der Waals surface area contributed by atoms with Crippen LogP contribution < -0.4 is 9.47 Å². The first-order chi connectivity index (χ1) is 11.8. The van der Waals surface area contributed by atoms with E-state index in [4.69, 9.17) is 4.74 Å². The van der Waals surface area contributed by atoms with Crippen LogP contribution in [0.2, 0.25) is 0 Å². The van der Waals surface area contributed by atoms with Crippen LogP contribution in [0.4, 0.5) is 13.2 Å². The molecular formula is C16H18F3NO5. The second-order valence-corrected chi connectivity index (χ2v) is 5.58. The van der Waals surface area contributed by atoms with Gasteiger partial charge in [-0.15, -0.1) is 0 Å². The van der Waals surface area contributed by atoms with Crippen molar-refractivity contribution in [2.45, 2.75) is 31.5 Å². The van der Waals surface area contributed by atoms with Crippen LogP contribution in [0.15, 0.2) is 24.3 Å². The summed E-state index contributed by atoms with van der Waals surface area (Å²) in [7, 11) is 0. The Morgan fingerprint density at radius 3 is 2.40 bits per heavy atom. The SMILES string of the molecule is O=C(O)C1CCCCN1C(=O)COc1ccccc1OCC(F)(F)F. The number of benzene rings is 1. The van der Waals surface area contributed by atoms with Gasteiger partial charge >= 0.3 is 12.1 Å². The summed E-state index contributed by atoms with van der Waals surface area (Å²) in [6, 6.07) is 4.78. The number of halogens is 3. The highest BCUT2D eigenvalue weighted by atomic mass is 19.4. The number of hydrogen-bond donors (Lipinski definition) is 1. The van der Waals surface area contributed by atoms with E-state index in [9.17, 15) is 27.9 Å². The number of carboxylic acids is 1. The minimum atomic E-state index is -4.49. The molecule has 0 bridgehead atoms. The van der Waals surface area contributed by atoms with Crippen molar-refractivity contribution in [1.82, 2.24) is 4.90 Å². The molecule has 1 heterocycles. The smallest absolute Gasteiger partial charge is 0.422 e. The summed E-state index contributed by atoms with van der Waals surface area (Å²) < 4.78 is 46.7. The minimum Gasteiger partial charge on any atom is -0.480 e. The predicted molar refractivity (Wildman–Crippen MR) is 80.5 cm³/mol. The molecule has 1 fully saturated rings. The summed E-state index contributed by atoms with van der Waals surface area (Å²) in [5.41, 5.74) is 0. The van der Waals surface area contributed by atoms with Crippen LogP contribution in [0.1, 0.15) is 19.3 Å². The minimum absolute atomic E-state index is 0.0102. The fraction of sp³-hybridized carbons (Fsp3) is 0.500. The summed E-state index contributed by atoms with van der Waals surface area (Å²) in [5.74, 6) is -1.76. The Labute approximate surface area is 142 Å². The molecule has 1 aliphatic rings. The van der Waals surface area contributed by atoms with Gasteiger partial charge in [0.05, 0.1) is 0 Å². The Bertz CT molecular complexity index is 620. The predicted octanol–water partition coefficient (Wildman–Crippen LogP) is 2.47. The number of para-hydroxylation sites is 2. The molecule has 0 spiro atoms. The highest BCUT2D eigenvalue weighted by Crippen LogP contribution is 2.28. The van der Waals surface area contributed by atoms with Gasteiger partial charge in [0.25, 0.3) is 5.91 Å². The molecule has 1 unspecified atom stereocenters. The number of likely N-dealkylation sites (tertiary alicyclic amines) is 1. The lowest BCUT2D eigenvalue weighted by Crippen LogP contribution is -2.49. The van der Waals surface area contributed by atoms with E-state index in [0.717, 1.165) is 6.42 Å². The zero-order chi connectivity index (χ0) is 18.4. The van der Waals surface area contributed by atoms with Crippen LogP contribution in [0.3, 0.4) is 0 Å². The number of piperidine rings is 1. The summed E-state index contributed by atoms with van der Waals surface area (Å²) in [6.45, 7) is -1.64. The van der Waals surface area contributed by atoms with Crippen LogP contribution in [-0.4, -0.2) is 53.9 Å². The summed E-state index contributed by atoms with van der Waals surface area (Å²) in [6.07, 6.45) is -2.71. The molecule has 1 atom stereocenters. The Morgan fingerprint density at radius 2 is 1.80 bits per heavy atom. The van der Waals surface area contributed by atoms with Crippen LogP contribution in [0, 0.1) is 0 Å². The number of nitrogens with zero attached hydrogens (tertiary/aromatic N) is 1. The van der Waals surface area contributed by atoms with E-state index in [0.29, 0.717) is 19.4 Å². The van der Waals surface area contributed by atoms with Gasteiger partial charge in [-0.05, 0) is 31.4 Å². The molecular weight excluding hydrogens is 343 g/mol. The summed E-state index contributed by atoms with van der Waals surface area (Å²) in [5, 5.41) is 9.17. The van der Waals surface area contributed by atoms with Gasteiger partial charge in [0.2, 0.25) is 0 Å². The normalized spacial score (nSPS) is 17.9. The van der Waals surface area contributed by atoms with Crippen molar-refractivity contribution < 1.29 is 37.3 Å². The molecule has 0 aromatic heterocycles. The number of amides is 1. The largest absolute Gasteiger partial charge is 0.480 e. The fourth-order valence-electron chi connectivity index (χ4n) is 2.56. The van der Waals surface area contributed by atoms with Gasteiger partial charge in [-0.25, -0.2) is 4.79 Å². The van der Waals surface area contributed by atoms with Crippen molar-refractivity contribution in [3.8, 4) is 11.5 Å². The third kappa shape index (κ3) is 5.54. The van der Waals surface area contributed by atoms with E-state index in [-0.39, 0.29) is 11.5 Å². The maximum absolute atomic E-state index is 12.3. The highest BCUT2D eigenvalue weighted by molar-refractivity contribution is 5.84. The molecule has 6 nitrogen and oxygen atoms in total. The van der Waals surface area contributed by atoms with Gasteiger partial charge in [0, 0.05) is 6.54 Å². The van der Waals surface area contributed by atoms with Gasteiger partial charge < -0.3 is 19.5 Å². The summed E-state index contributed by atoms with van der Waals surface area (Å²) in [4.78, 5) is 24.7. The van der Waals surface area contributed by atoms with Crippen molar-refractivity contribution >= 4 is 11.9 Å². The van der Waals surface area contributed by atoms with Crippen molar-refractivity contribution in [2.24, 2.45) is 0 Å². The molecule has 1 amide bonds. The molecule has 25 heavy (non-hydrogen) atoms. The van der Waals surface area contributed by atoms with E-state index >= 15 is 0 Å². The average Bonchev–Trinajstić information content (AvgIpc) is 2.57. The number of aliphatic carboxylic acids is 1. The molecule has 1 aromatic carbocycles. The van der Waals surface area contributed by atoms with Crippen molar-refractivity contribution in [1.29, 1.82) is 0 Å². The Kier molecular flexibility index (Phi) is 6.11. The zero-order valence-electron chi connectivity index (χ0n) is 13.3. The lowest BCUT2D eigenvalue weighted by Gasteiger charge is -2.32. The van der Waals surface area contributed by atoms with E-state index in [1.165, 1.54) is 29.2 Å². The first-order valence-electron chi connectivity index (χ1n) is 7.71. The van der Waals surface area contributed by atoms with Gasteiger partial charge in [0.1, 0.15) is 6.04 Å². The third-order valence-corrected chi connectivity index (χ3v) is 3.70. The van der Waals surface area contributed by atoms with Crippen molar-refractivity contribution in [3.05, 3.63) is 24.3 Å².